The van der Waals surface area contributed by atoms with Crippen LogP contribution in [0.15, 0.2) is 0 Å². The van der Waals surface area contributed by atoms with Crippen molar-refractivity contribution in [2.75, 3.05) is 0 Å². The summed E-state index contributed by atoms with van der Waals surface area (Å²) in [7, 11) is 0. The molecule has 0 aromatic heterocycles. The van der Waals surface area contributed by atoms with Crippen molar-refractivity contribution >= 4 is 12.0 Å². The van der Waals surface area contributed by atoms with Gasteiger partial charge in [-0.3, -0.25) is 0 Å². The lowest BCUT2D eigenvalue weighted by Gasteiger charge is -2.17. The van der Waals surface area contributed by atoms with E-state index < -0.39 is 18.0 Å². The second kappa shape index (κ2) is 7.57. The lowest BCUT2D eigenvalue weighted by Crippen LogP contribution is -2.48. The molecule has 2 unspecified atom stereocenters. The third kappa shape index (κ3) is 5.25. The summed E-state index contributed by atoms with van der Waals surface area (Å²) in [4.78, 5) is 22.1. The van der Waals surface area contributed by atoms with E-state index in [4.69, 9.17) is 11.5 Å². The molecular formula is C11H18N2O3. The minimum Gasteiger partial charge on any atom is -0.480 e. The Bertz CT molecular complexity index is 283. The average Bonchev–Trinajstić information content (AvgIpc) is 2.24. The number of rotatable bonds is 6. The van der Waals surface area contributed by atoms with Gasteiger partial charge in [-0.1, -0.05) is 13.8 Å². The van der Waals surface area contributed by atoms with Crippen LogP contribution in [0.4, 0.5) is 4.79 Å². The van der Waals surface area contributed by atoms with E-state index in [0.29, 0.717) is 19.3 Å². The Balaban J connectivity index is 4.15. The molecule has 0 aromatic rings. The number of hydrogen-bond acceptors (Lipinski definition) is 2. The molecule has 16 heavy (non-hydrogen) atoms. The first-order valence-electron chi connectivity index (χ1n) is 5.28. The second-order valence-corrected chi connectivity index (χ2v) is 3.43. The minimum absolute atomic E-state index is 0.115. The molecule has 0 rings (SSSR count). The summed E-state index contributed by atoms with van der Waals surface area (Å²) in [6.45, 7) is 3.59. The Morgan fingerprint density at radius 3 is 2.31 bits per heavy atom. The van der Waals surface area contributed by atoms with Crippen molar-refractivity contribution < 1.29 is 14.7 Å². The van der Waals surface area contributed by atoms with Crippen LogP contribution in [0.2, 0.25) is 0 Å². The van der Waals surface area contributed by atoms with Crippen LogP contribution in [0.3, 0.4) is 0 Å². The normalized spacial score (nSPS) is 13.3. The van der Waals surface area contributed by atoms with Gasteiger partial charge in [0.15, 0.2) is 0 Å². The molecule has 0 aliphatic heterocycles. The molecule has 0 spiro atoms. The molecule has 5 heteroatoms. The quantitative estimate of drug-likeness (QED) is 0.590. The van der Waals surface area contributed by atoms with Crippen molar-refractivity contribution in [2.24, 2.45) is 0 Å². The predicted molar refractivity (Wildman–Crippen MR) is 60.9 cm³/mol. The Hall–Kier alpha value is -1.70. The summed E-state index contributed by atoms with van der Waals surface area (Å²) in [5, 5.41) is 13.7. The van der Waals surface area contributed by atoms with Crippen LogP contribution in [0.1, 0.15) is 33.1 Å². The number of carboxylic acid groups (broad SMARTS) is 1. The second-order valence-electron chi connectivity index (χ2n) is 3.43. The molecule has 90 valence electrons. The third-order valence-electron chi connectivity index (χ3n) is 2.20. The van der Waals surface area contributed by atoms with Crippen molar-refractivity contribution in [2.45, 2.75) is 45.2 Å². The van der Waals surface area contributed by atoms with Gasteiger partial charge in [0.1, 0.15) is 6.04 Å². The number of nitrogens with one attached hydrogen (secondary N) is 2. The van der Waals surface area contributed by atoms with Gasteiger partial charge in [0.2, 0.25) is 0 Å². The highest BCUT2D eigenvalue weighted by Gasteiger charge is 2.18. The summed E-state index contributed by atoms with van der Waals surface area (Å²) in [6, 6.07) is -1.46. The SMILES string of the molecule is C#CCC(CC)NC(=O)NC(CC)C(=O)O. The number of terminal acetylenes is 1. The van der Waals surface area contributed by atoms with Crippen LogP contribution in [0.5, 0.6) is 0 Å². The Morgan fingerprint density at radius 1 is 1.31 bits per heavy atom. The van der Waals surface area contributed by atoms with Crippen molar-refractivity contribution in [1.82, 2.24) is 10.6 Å². The van der Waals surface area contributed by atoms with Crippen molar-refractivity contribution in [3.8, 4) is 12.3 Å². The fourth-order valence-corrected chi connectivity index (χ4v) is 1.16. The number of urea groups is 1. The first-order valence-corrected chi connectivity index (χ1v) is 5.28. The van der Waals surface area contributed by atoms with Gasteiger partial charge in [0, 0.05) is 12.5 Å². The number of carbonyl (C=O) groups is 2. The van der Waals surface area contributed by atoms with Crippen LogP contribution < -0.4 is 10.6 Å². The van der Waals surface area contributed by atoms with Gasteiger partial charge in [0.25, 0.3) is 0 Å². The molecule has 0 bridgehead atoms. The topological polar surface area (TPSA) is 78.4 Å². The fourth-order valence-electron chi connectivity index (χ4n) is 1.16. The van der Waals surface area contributed by atoms with E-state index in [9.17, 15) is 9.59 Å². The fraction of sp³-hybridized carbons (Fsp3) is 0.636. The van der Waals surface area contributed by atoms with Gasteiger partial charge in [-0.25, -0.2) is 9.59 Å². The average molecular weight is 226 g/mol. The molecule has 0 fully saturated rings. The van der Waals surface area contributed by atoms with Gasteiger partial charge in [0.05, 0.1) is 0 Å². The van der Waals surface area contributed by atoms with Crippen molar-refractivity contribution in [3.63, 3.8) is 0 Å². The molecule has 5 nitrogen and oxygen atoms in total. The number of carboxylic acids is 1. The zero-order valence-corrected chi connectivity index (χ0v) is 9.62. The Kier molecular flexibility index (Phi) is 6.77. The maximum atomic E-state index is 11.4. The first kappa shape index (κ1) is 14.3. The van der Waals surface area contributed by atoms with E-state index in [1.54, 1.807) is 6.92 Å². The Morgan fingerprint density at radius 2 is 1.94 bits per heavy atom. The maximum absolute atomic E-state index is 11.4. The number of hydrogen-bond donors (Lipinski definition) is 3. The summed E-state index contributed by atoms with van der Waals surface area (Å²) in [6.07, 6.45) is 6.63. The molecule has 3 N–H and O–H groups in total. The smallest absolute Gasteiger partial charge is 0.326 e. The van der Waals surface area contributed by atoms with Gasteiger partial charge < -0.3 is 15.7 Å². The molecule has 2 amide bonds. The largest absolute Gasteiger partial charge is 0.480 e. The van der Waals surface area contributed by atoms with Crippen LogP contribution in [-0.2, 0) is 4.79 Å². The van der Waals surface area contributed by atoms with E-state index in [1.165, 1.54) is 0 Å². The van der Waals surface area contributed by atoms with Gasteiger partial charge in [-0.05, 0) is 12.8 Å². The predicted octanol–water partition coefficient (Wildman–Crippen LogP) is 0.951. The highest BCUT2D eigenvalue weighted by molar-refractivity contribution is 5.82. The van der Waals surface area contributed by atoms with Crippen LogP contribution >= 0.6 is 0 Å². The molecule has 0 radical (unpaired) electrons. The molecule has 0 saturated carbocycles. The van der Waals surface area contributed by atoms with Crippen LogP contribution in [-0.4, -0.2) is 29.2 Å². The Labute approximate surface area is 95.6 Å². The molecule has 2 atom stereocenters. The maximum Gasteiger partial charge on any atom is 0.326 e. The molecule has 0 aliphatic rings. The van der Waals surface area contributed by atoms with E-state index in [1.807, 2.05) is 6.92 Å². The minimum atomic E-state index is -1.04. The summed E-state index contributed by atoms with van der Waals surface area (Å²) in [5.41, 5.74) is 0. The summed E-state index contributed by atoms with van der Waals surface area (Å²) >= 11 is 0. The number of aliphatic carboxylic acids is 1. The molecule has 0 aliphatic carbocycles. The lowest BCUT2D eigenvalue weighted by atomic mass is 10.1. The van der Waals surface area contributed by atoms with E-state index in [0.717, 1.165) is 0 Å². The first-order chi connectivity index (χ1) is 7.54. The van der Waals surface area contributed by atoms with E-state index in [-0.39, 0.29) is 6.04 Å². The highest BCUT2D eigenvalue weighted by Crippen LogP contribution is 1.96. The molecule has 0 saturated heterocycles. The van der Waals surface area contributed by atoms with Crippen LogP contribution in [0, 0.1) is 12.3 Å². The van der Waals surface area contributed by atoms with Crippen LogP contribution in [0.25, 0.3) is 0 Å². The van der Waals surface area contributed by atoms with Gasteiger partial charge >= 0.3 is 12.0 Å². The number of amides is 2. The monoisotopic (exact) mass is 226 g/mol. The van der Waals surface area contributed by atoms with Gasteiger partial charge in [-0.2, -0.15) is 0 Å². The zero-order valence-electron chi connectivity index (χ0n) is 9.62. The van der Waals surface area contributed by atoms with Crippen molar-refractivity contribution in [1.29, 1.82) is 0 Å². The molecule has 0 aromatic carbocycles. The van der Waals surface area contributed by atoms with Crippen molar-refractivity contribution in [3.05, 3.63) is 0 Å². The zero-order chi connectivity index (χ0) is 12.6. The number of carbonyl (C=O) groups excluding carboxylic acids is 1. The van der Waals surface area contributed by atoms with Gasteiger partial charge in [-0.15, -0.1) is 12.3 Å². The summed E-state index contributed by atoms with van der Waals surface area (Å²) < 4.78 is 0. The highest BCUT2D eigenvalue weighted by atomic mass is 16.4. The van der Waals surface area contributed by atoms with E-state index in [2.05, 4.69) is 16.6 Å². The van der Waals surface area contributed by atoms with E-state index >= 15 is 0 Å². The summed E-state index contributed by atoms with van der Waals surface area (Å²) in [5.74, 6) is 1.42. The third-order valence-corrected chi connectivity index (χ3v) is 2.20. The standard InChI is InChI=1S/C11H18N2O3/c1-4-7-8(5-2)12-11(16)13-9(6-3)10(14)15/h1,8-9H,5-7H2,2-3H3,(H,14,15)(H2,12,13,16). The lowest BCUT2D eigenvalue weighted by molar-refractivity contribution is -0.139. The molecule has 0 heterocycles. The molecular weight excluding hydrogens is 208 g/mol.